The van der Waals surface area contributed by atoms with Crippen LogP contribution in [-0.2, 0) is 4.79 Å². The van der Waals surface area contributed by atoms with E-state index in [0.717, 1.165) is 0 Å². The smallest absolute Gasteiger partial charge is 0.322 e. The summed E-state index contributed by atoms with van der Waals surface area (Å²) in [6, 6.07) is 11.9. The van der Waals surface area contributed by atoms with E-state index in [1.54, 1.807) is 36.4 Å². The fourth-order valence-electron chi connectivity index (χ4n) is 2.40. The zero-order valence-corrected chi connectivity index (χ0v) is 14.6. The highest BCUT2D eigenvalue weighted by atomic mass is 35.5. The first kappa shape index (κ1) is 16.7. The van der Waals surface area contributed by atoms with Crippen molar-refractivity contribution in [3.8, 4) is 23.0 Å². The molecule has 2 aromatic carbocycles. The third-order valence-corrected chi connectivity index (χ3v) is 4.00. The van der Waals surface area contributed by atoms with Crippen LogP contribution in [0.15, 0.2) is 46.9 Å². The van der Waals surface area contributed by atoms with Crippen LogP contribution in [0.1, 0.15) is 0 Å². The van der Waals surface area contributed by atoms with Crippen molar-refractivity contribution in [2.45, 2.75) is 6.10 Å². The predicted octanol–water partition coefficient (Wildman–Crippen LogP) is 3.82. The molecule has 1 atom stereocenters. The van der Waals surface area contributed by atoms with Gasteiger partial charge in [0.2, 0.25) is 12.0 Å². The minimum atomic E-state index is -0.833. The number of amides is 1. The van der Waals surface area contributed by atoms with Gasteiger partial charge in [0.05, 0.1) is 0 Å². The van der Waals surface area contributed by atoms with Crippen LogP contribution in [0.2, 0.25) is 10.0 Å². The number of anilines is 1. The molecule has 4 rings (SSSR count). The summed E-state index contributed by atoms with van der Waals surface area (Å²) in [4.78, 5) is 12.3. The highest BCUT2D eigenvalue weighted by Crippen LogP contribution is 2.31. The quantitative estimate of drug-likeness (QED) is 0.729. The highest BCUT2D eigenvalue weighted by molar-refractivity contribution is 6.35. The summed E-state index contributed by atoms with van der Waals surface area (Å²) in [5.74, 6) is 0.808. The number of carbonyl (C=O) groups is 1. The molecule has 1 aliphatic heterocycles. The van der Waals surface area contributed by atoms with E-state index in [-0.39, 0.29) is 18.5 Å². The molecule has 0 radical (unpaired) electrons. The number of hydrogen-bond donors (Lipinski definition) is 1. The summed E-state index contributed by atoms with van der Waals surface area (Å²) < 4.78 is 16.6. The van der Waals surface area contributed by atoms with Crippen LogP contribution >= 0.6 is 23.2 Å². The molecule has 1 aliphatic rings. The van der Waals surface area contributed by atoms with Gasteiger partial charge in [0.15, 0.2) is 11.5 Å². The Labute approximate surface area is 157 Å². The number of benzene rings is 2. The molecule has 2 heterocycles. The topological polar surface area (TPSA) is 86.5 Å². The Kier molecular flexibility index (Phi) is 4.40. The van der Waals surface area contributed by atoms with E-state index in [1.807, 2.05) is 6.07 Å². The normalized spacial score (nSPS) is 15.5. The van der Waals surface area contributed by atoms with E-state index in [4.69, 9.17) is 37.1 Å². The molecule has 9 heteroatoms. The van der Waals surface area contributed by atoms with Crippen LogP contribution in [-0.4, -0.2) is 28.8 Å². The number of halogens is 2. The maximum absolute atomic E-state index is 12.3. The van der Waals surface area contributed by atoms with E-state index in [1.165, 1.54) is 0 Å². The van der Waals surface area contributed by atoms with Crippen LogP contribution in [0.5, 0.6) is 11.5 Å². The monoisotopic (exact) mass is 391 g/mol. The number of nitrogens with zero attached hydrogens (tertiary/aromatic N) is 2. The van der Waals surface area contributed by atoms with Crippen molar-refractivity contribution in [2.24, 2.45) is 0 Å². The van der Waals surface area contributed by atoms with Crippen molar-refractivity contribution in [3.63, 3.8) is 0 Å². The second-order valence-electron chi connectivity index (χ2n) is 5.42. The van der Waals surface area contributed by atoms with Crippen LogP contribution < -0.4 is 14.8 Å². The average Bonchev–Trinajstić information content (AvgIpc) is 3.09. The number of hydrogen-bond acceptors (Lipinski definition) is 6. The Bertz CT molecular complexity index is 956. The molecule has 26 heavy (non-hydrogen) atoms. The van der Waals surface area contributed by atoms with Crippen molar-refractivity contribution in [1.29, 1.82) is 0 Å². The van der Waals surface area contributed by atoms with Crippen LogP contribution in [0.25, 0.3) is 11.5 Å². The molecule has 1 aromatic heterocycles. The van der Waals surface area contributed by atoms with E-state index < -0.39 is 12.0 Å². The summed E-state index contributed by atoms with van der Waals surface area (Å²) >= 11 is 11.9. The Morgan fingerprint density at radius 2 is 1.81 bits per heavy atom. The lowest BCUT2D eigenvalue weighted by Gasteiger charge is -2.24. The average molecular weight is 392 g/mol. The fourth-order valence-corrected chi connectivity index (χ4v) is 2.93. The van der Waals surface area contributed by atoms with Gasteiger partial charge in [-0.2, -0.15) is 0 Å². The van der Waals surface area contributed by atoms with Crippen molar-refractivity contribution in [1.82, 2.24) is 10.2 Å². The Morgan fingerprint density at radius 3 is 2.58 bits per heavy atom. The molecular formula is C17H11Cl2N3O4. The molecule has 0 spiro atoms. The van der Waals surface area contributed by atoms with Gasteiger partial charge in [-0.15, -0.1) is 5.10 Å². The van der Waals surface area contributed by atoms with Gasteiger partial charge >= 0.3 is 6.01 Å². The number of aromatic nitrogens is 2. The molecule has 3 aromatic rings. The lowest BCUT2D eigenvalue weighted by Crippen LogP contribution is -2.40. The molecule has 0 saturated carbocycles. The molecule has 132 valence electrons. The maximum atomic E-state index is 12.3. The number of para-hydroxylation sites is 2. The standard InChI is InChI=1S/C17H11Cl2N3O4/c18-10-5-9(6-11(19)7-10)16-21-22-17(26-16)20-15(23)14-8-24-12-3-1-2-4-13(12)25-14/h1-7,14H,8H2,(H,20,22,23). The van der Waals surface area contributed by atoms with E-state index >= 15 is 0 Å². The number of fused-ring (bicyclic) bond motifs is 1. The van der Waals surface area contributed by atoms with Crippen molar-refractivity contribution in [2.75, 3.05) is 11.9 Å². The van der Waals surface area contributed by atoms with Crippen LogP contribution in [0.3, 0.4) is 0 Å². The third kappa shape index (κ3) is 3.44. The Hall–Kier alpha value is -2.77. The molecule has 1 unspecified atom stereocenters. The SMILES string of the molecule is O=C(Nc1nnc(-c2cc(Cl)cc(Cl)c2)o1)C1COc2ccccc2O1. The highest BCUT2D eigenvalue weighted by Gasteiger charge is 2.28. The Balaban J connectivity index is 1.47. The van der Waals surface area contributed by atoms with Gasteiger partial charge in [-0.05, 0) is 30.3 Å². The van der Waals surface area contributed by atoms with Gasteiger partial charge in [-0.1, -0.05) is 40.4 Å². The van der Waals surface area contributed by atoms with E-state index in [2.05, 4.69) is 15.5 Å². The number of nitrogens with one attached hydrogen (secondary N) is 1. The largest absolute Gasteiger partial charge is 0.485 e. The van der Waals surface area contributed by atoms with Gasteiger partial charge < -0.3 is 13.9 Å². The first-order valence-corrected chi connectivity index (χ1v) is 8.33. The third-order valence-electron chi connectivity index (χ3n) is 3.57. The summed E-state index contributed by atoms with van der Waals surface area (Å²) in [7, 11) is 0. The first-order valence-electron chi connectivity index (χ1n) is 7.58. The molecule has 0 saturated heterocycles. The fraction of sp³-hybridized carbons (Fsp3) is 0.118. The maximum Gasteiger partial charge on any atom is 0.322 e. The van der Waals surface area contributed by atoms with Crippen molar-refractivity contribution in [3.05, 3.63) is 52.5 Å². The summed E-state index contributed by atoms with van der Waals surface area (Å²) in [5, 5.41) is 11.1. The molecule has 1 amide bonds. The van der Waals surface area contributed by atoms with Gasteiger partial charge in [-0.25, -0.2) is 0 Å². The molecule has 1 N–H and O–H groups in total. The first-order chi connectivity index (χ1) is 12.6. The molecule has 7 nitrogen and oxygen atoms in total. The minimum absolute atomic E-state index is 0.0662. The summed E-state index contributed by atoms with van der Waals surface area (Å²) in [6.07, 6.45) is -0.833. The van der Waals surface area contributed by atoms with Crippen molar-refractivity contribution < 1.29 is 18.7 Å². The molecule has 0 bridgehead atoms. The Morgan fingerprint density at radius 1 is 1.08 bits per heavy atom. The zero-order chi connectivity index (χ0) is 18.1. The molecule has 0 fully saturated rings. The van der Waals surface area contributed by atoms with Crippen molar-refractivity contribution >= 4 is 35.1 Å². The number of carbonyl (C=O) groups excluding carboxylic acids is 1. The lowest BCUT2D eigenvalue weighted by molar-refractivity contribution is -0.125. The second-order valence-corrected chi connectivity index (χ2v) is 6.30. The lowest BCUT2D eigenvalue weighted by atomic mass is 10.2. The van der Waals surface area contributed by atoms with Crippen LogP contribution in [0, 0.1) is 0 Å². The second kappa shape index (κ2) is 6.86. The summed E-state index contributed by atoms with van der Waals surface area (Å²) in [5.41, 5.74) is 0.543. The number of rotatable bonds is 3. The minimum Gasteiger partial charge on any atom is -0.485 e. The van der Waals surface area contributed by atoms with Gasteiger partial charge in [0.25, 0.3) is 5.91 Å². The van der Waals surface area contributed by atoms with E-state index in [9.17, 15) is 4.79 Å². The zero-order valence-electron chi connectivity index (χ0n) is 13.1. The van der Waals surface area contributed by atoms with Gasteiger partial charge in [-0.3, -0.25) is 10.1 Å². The van der Waals surface area contributed by atoms with Crippen LogP contribution in [0.4, 0.5) is 6.01 Å². The molecular weight excluding hydrogens is 381 g/mol. The van der Waals surface area contributed by atoms with Gasteiger partial charge in [0, 0.05) is 15.6 Å². The molecule has 0 aliphatic carbocycles. The number of ether oxygens (including phenoxy) is 2. The summed E-state index contributed by atoms with van der Waals surface area (Å²) in [6.45, 7) is 0.0771. The van der Waals surface area contributed by atoms with Gasteiger partial charge in [0.1, 0.15) is 6.61 Å². The van der Waals surface area contributed by atoms with E-state index in [0.29, 0.717) is 27.1 Å². The predicted molar refractivity (Wildman–Crippen MR) is 94.7 cm³/mol.